The predicted molar refractivity (Wildman–Crippen MR) is 115 cm³/mol. The van der Waals surface area contributed by atoms with E-state index in [1.165, 1.54) is 6.08 Å². The molecule has 0 bridgehead atoms. The molecule has 1 N–H and O–H groups in total. The van der Waals surface area contributed by atoms with Gasteiger partial charge in [0.25, 0.3) is 0 Å². The van der Waals surface area contributed by atoms with Crippen LogP contribution < -0.4 is 0 Å². The average molecular weight is 435 g/mol. The summed E-state index contributed by atoms with van der Waals surface area (Å²) < 4.78 is 29.9. The van der Waals surface area contributed by atoms with Crippen LogP contribution in [0, 0.1) is 22.7 Å². The number of aliphatic hydroxyl groups excluding tert-OH is 1. The van der Waals surface area contributed by atoms with Crippen LogP contribution in [0.4, 0.5) is 4.39 Å². The van der Waals surface area contributed by atoms with Gasteiger partial charge in [0.05, 0.1) is 5.41 Å². The Morgan fingerprint density at radius 2 is 2.03 bits per heavy atom. The van der Waals surface area contributed by atoms with Crippen LogP contribution in [-0.4, -0.2) is 40.1 Å². The van der Waals surface area contributed by atoms with Gasteiger partial charge in [-0.15, -0.1) is 11.8 Å². The summed E-state index contributed by atoms with van der Waals surface area (Å²) >= 11 is 1.70. The van der Waals surface area contributed by atoms with E-state index in [2.05, 4.69) is 13.2 Å². The number of carbonyl (C=O) groups is 1. The van der Waals surface area contributed by atoms with E-state index < -0.39 is 16.0 Å². The fraction of sp³-hybridized carbons (Fsp3) is 0.708. The monoisotopic (exact) mass is 434 g/mol. The highest BCUT2D eigenvalue weighted by Gasteiger charge is 2.76. The highest BCUT2D eigenvalue weighted by atomic mass is 32.2. The molecule has 0 aromatic carbocycles. The van der Waals surface area contributed by atoms with Crippen molar-refractivity contribution in [1.82, 2.24) is 0 Å². The van der Waals surface area contributed by atoms with Gasteiger partial charge in [0, 0.05) is 11.5 Å². The Balaban J connectivity index is 1.55. The number of halogens is 1. The van der Waals surface area contributed by atoms with Gasteiger partial charge in [0.1, 0.15) is 22.5 Å². The third-order valence-corrected chi connectivity index (χ3v) is 10.6. The second kappa shape index (κ2) is 6.46. The molecular weight excluding hydrogens is 403 g/mol. The molecule has 0 amide bonds. The van der Waals surface area contributed by atoms with Crippen LogP contribution >= 0.6 is 11.8 Å². The maximum absolute atomic E-state index is 17.1. The van der Waals surface area contributed by atoms with E-state index in [1.807, 2.05) is 19.1 Å². The molecule has 6 heteroatoms. The first kappa shape index (κ1) is 20.8. The molecule has 3 saturated carbocycles. The van der Waals surface area contributed by atoms with E-state index in [4.69, 9.17) is 9.47 Å². The Morgan fingerprint density at radius 3 is 2.73 bits per heavy atom. The van der Waals surface area contributed by atoms with Crippen molar-refractivity contribution in [2.75, 3.05) is 6.26 Å². The van der Waals surface area contributed by atoms with Gasteiger partial charge in [-0.25, -0.2) is 4.39 Å². The van der Waals surface area contributed by atoms with E-state index in [9.17, 15) is 9.90 Å². The highest BCUT2D eigenvalue weighted by molar-refractivity contribution is 7.99. The van der Waals surface area contributed by atoms with E-state index >= 15 is 4.39 Å². The summed E-state index contributed by atoms with van der Waals surface area (Å²) in [5.74, 6) is -0.487. The molecule has 5 rings (SSSR count). The van der Waals surface area contributed by atoms with E-state index in [0.29, 0.717) is 25.7 Å². The average Bonchev–Trinajstić information content (AvgIpc) is 3.16. The fourth-order valence-corrected chi connectivity index (χ4v) is 8.84. The van der Waals surface area contributed by atoms with Crippen molar-refractivity contribution in [3.05, 3.63) is 35.6 Å². The largest absolute Gasteiger partial charge is 0.508 e. The quantitative estimate of drug-likeness (QED) is 0.601. The summed E-state index contributed by atoms with van der Waals surface area (Å²) in [7, 11) is 0. The van der Waals surface area contributed by atoms with Gasteiger partial charge in [-0.3, -0.25) is 4.79 Å². The molecule has 5 aliphatic rings. The van der Waals surface area contributed by atoms with E-state index in [-0.39, 0.29) is 41.2 Å². The molecule has 4 nitrogen and oxygen atoms in total. The number of thioether (sulfide) groups is 1. The summed E-state index contributed by atoms with van der Waals surface area (Å²) in [5.41, 5.74) is -2.28. The van der Waals surface area contributed by atoms with Gasteiger partial charge in [0.15, 0.2) is 12.1 Å². The number of rotatable bonds is 2. The number of hydrogen-bond acceptors (Lipinski definition) is 5. The molecule has 0 spiro atoms. The number of alkyl halides is 1. The summed E-state index contributed by atoms with van der Waals surface area (Å²) in [6, 6.07) is 0. The van der Waals surface area contributed by atoms with E-state index in [1.54, 1.807) is 24.8 Å². The van der Waals surface area contributed by atoms with Gasteiger partial charge in [-0.2, -0.15) is 0 Å². The maximum Gasteiger partial charge on any atom is 0.179 e. The van der Waals surface area contributed by atoms with Crippen molar-refractivity contribution >= 4 is 17.5 Å². The number of carbonyl (C=O) groups excluding carboxylic acids is 1. The molecular formula is C24H31FO4S. The standard InChI is InChI=1S/C24H31FO4S/c1-5-6-20-28-19-13-17-16-8-7-14-11-15(26)12-18(27)22(14,3)23(16,25)10-9-21(17,2)24(19,29-20)30-4/h5-6,11-12,16-17,19-20,26H,7-10,13H2,1-4H3/b6-5+/t16-,17-,19+,20?,21-,22+,23+,24-/m0/s1. The first-order valence-corrected chi connectivity index (χ1v) is 12.2. The third-order valence-electron chi connectivity index (χ3n) is 9.12. The molecule has 164 valence electrons. The fourth-order valence-electron chi connectivity index (χ4n) is 7.52. The molecule has 0 aromatic rings. The van der Waals surface area contributed by atoms with E-state index in [0.717, 1.165) is 12.0 Å². The van der Waals surface area contributed by atoms with Crippen LogP contribution in [0.1, 0.15) is 52.9 Å². The first-order chi connectivity index (χ1) is 14.2. The topological polar surface area (TPSA) is 55.8 Å². The van der Waals surface area contributed by atoms with Crippen LogP contribution in [-0.2, 0) is 14.3 Å². The van der Waals surface area contributed by atoms with Crippen LogP contribution in [0.15, 0.2) is 35.6 Å². The lowest BCUT2D eigenvalue weighted by molar-refractivity contribution is -0.175. The predicted octanol–water partition coefficient (Wildman–Crippen LogP) is 5.26. The zero-order chi connectivity index (χ0) is 21.5. The molecule has 0 aromatic heterocycles. The van der Waals surface area contributed by atoms with Gasteiger partial charge in [-0.1, -0.05) is 13.0 Å². The van der Waals surface area contributed by atoms with Crippen molar-refractivity contribution < 1.29 is 23.8 Å². The molecule has 1 heterocycles. The second-order valence-electron chi connectivity index (χ2n) is 10.0. The number of hydrogen-bond donors (Lipinski definition) is 1. The number of fused-ring (bicyclic) bond motifs is 7. The van der Waals surface area contributed by atoms with Crippen LogP contribution in [0.25, 0.3) is 0 Å². The number of ketones is 1. The molecule has 4 fully saturated rings. The minimum Gasteiger partial charge on any atom is -0.508 e. The van der Waals surface area contributed by atoms with Crippen molar-refractivity contribution in [2.24, 2.45) is 22.7 Å². The van der Waals surface area contributed by atoms with Gasteiger partial charge in [-0.05, 0) is 81.8 Å². The Bertz CT molecular complexity index is 882. The minimum atomic E-state index is -1.61. The zero-order valence-corrected chi connectivity index (χ0v) is 18.9. The SMILES string of the molecule is C/C=C/C1O[C@@H]2C[C@H]3[C@@H]4CCC5=CC(O)=CC(=O)[C@]5(C)[C@@]4(F)CC[C@]3(C)[C@]2(SC)O1. The summed E-state index contributed by atoms with van der Waals surface area (Å²) in [6.07, 6.45) is 11.4. The van der Waals surface area contributed by atoms with Crippen LogP contribution in [0.3, 0.4) is 0 Å². The second-order valence-corrected chi connectivity index (χ2v) is 11.0. The Hall–Kier alpha value is -1.11. The smallest absolute Gasteiger partial charge is 0.179 e. The maximum atomic E-state index is 17.1. The molecule has 4 aliphatic carbocycles. The zero-order valence-electron chi connectivity index (χ0n) is 18.1. The Morgan fingerprint density at radius 1 is 1.27 bits per heavy atom. The van der Waals surface area contributed by atoms with Crippen molar-refractivity contribution in [1.29, 1.82) is 0 Å². The molecule has 1 unspecified atom stereocenters. The Labute approximate surface area is 182 Å². The normalized spacial score (nSPS) is 52.4. The van der Waals surface area contributed by atoms with Crippen molar-refractivity contribution in [3.8, 4) is 0 Å². The molecule has 1 saturated heterocycles. The van der Waals surface area contributed by atoms with Gasteiger partial charge in [0.2, 0.25) is 0 Å². The van der Waals surface area contributed by atoms with Crippen LogP contribution in [0.5, 0.6) is 0 Å². The Kier molecular flexibility index (Phi) is 4.47. The number of allylic oxidation sites excluding steroid dienone is 4. The van der Waals surface area contributed by atoms with Crippen molar-refractivity contribution in [2.45, 2.75) is 75.9 Å². The summed E-state index contributed by atoms with van der Waals surface area (Å²) in [5, 5.41) is 9.95. The molecule has 8 atom stereocenters. The van der Waals surface area contributed by atoms with Crippen LogP contribution in [0.2, 0.25) is 0 Å². The minimum absolute atomic E-state index is 0.0521. The van der Waals surface area contributed by atoms with Gasteiger partial charge < -0.3 is 14.6 Å². The number of aliphatic hydroxyl groups is 1. The first-order valence-electron chi connectivity index (χ1n) is 11.0. The third kappa shape index (κ3) is 2.23. The molecule has 0 radical (unpaired) electrons. The lowest BCUT2D eigenvalue weighted by Gasteiger charge is -2.61. The number of ether oxygens (including phenoxy) is 2. The summed E-state index contributed by atoms with van der Waals surface area (Å²) in [4.78, 5) is 12.6. The van der Waals surface area contributed by atoms with Crippen molar-refractivity contribution in [3.63, 3.8) is 0 Å². The lowest BCUT2D eigenvalue weighted by atomic mass is 9.46. The highest BCUT2D eigenvalue weighted by Crippen LogP contribution is 2.73. The molecule has 30 heavy (non-hydrogen) atoms. The molecule has 1 aliphatic heterocycles. The van der Waals surface area contributed by atoms with Gasteiger partial charge >= 0.3 is 0 Å². The summed E-state index contributed by atoms with van der Waals surface area (Å²) in [6.45, 7) is 5.96. The lowest BCUT2D eigenvalue weighted by Crippen LogP contribution is -2.64.